The number of anilines is 1. The van der Waals surface area contributed by atoms with Crippen LogP contribution in [0.1, 0.15) is 43.7 Å². The predicted octanol–water partition coefficient (Wildman–Crippen LogP) is 6.08. The van der Waals surface area contributed by atoms with Crippen molar-refractivity contribution in [3.8, 4) is 0 Å². The number of sulfonamides is 1. The lowest BCUT2D eigenvalue weighted by Crippen LogP contribution is -2.52. The Morgan fingerprint density at radius 3 is 2.17 bits per heavy atom. The first-order valence-electron chi connectivity index (χ1n) is 13.2. The van der Waals surface area contributed by atoms with Crippen LogP contribution in [0.4, 0.5) is 5.69 Å². The van der Waals surface area contributed by atoms with Crippen LogP contribution in [0, 0.1) is 6.92 Å². The molecule has 4 rings (SSSR count). The third-order valence-electron chi connectivity index (χ3n) is 7.14. The standard InChI is InChI=1S/C30H33BrClN3O4S/c1-21-7-17-28(18-8-21)40(38,39)35(27-15-13-25(32)14-16-27)20-29(36)34(19-23-9-11-24(31)12-10-23)22(2)30(37)33-26-5-3-4-6-26/h7-18,22,26H,3-6,19-20H2,1-2H3,(H,33,37)/t22-/m0/s1. The molecular weight excluding hydrogens is 614 g/mol. The Morgan fingerprint density at radius 2 is 1.57 bits per heavy atom. The quantitative estimate of drug-likeness (QED) is 0.289. The van der Waals surface area contributed by atoms with E-state index >= 15 is 0 Å². The van der Waals surface area contributed by atoms with Gasteiger partial charge >= 0.3 is 0 Å². The maximum atomic E-state index is 14.0. The van der Waals surface area contributed by atoms with Crippen LogP contribution in [0.25, 0.3) is 0 Å². The highest BCUT2D eigenvalue weighted by molar-refractivity contribution is 9.10. The Bertz CT molecular complexity index is 1430. The van der Waals surface area contributed by atoms with Gasteiger partial charge in [-0.1, -0.05) is 70.2 Å². The molecule has 3 aromatic carbocycles. The summed E-state index contributed by atoms with van der Waals surface area (Å²) in [4.78, 5) is 28.8. The highest BCUT2D eigenvalue weighted by atomic mass is 79.9. The van der Waals surface area contributed by atoms with Crippen molar-refractivity contribution >= 4 is 55.1 Å². The van der Waals surface area contributed by atoms with Crippen molar-refractivity contribution in [2.24, 2.45) is 0 Å². The molecule has 0 heterocycles. The zero-order valence-corrected chi connectivity index (χ0v) is 25.7. The van der Waals surface area contributed by atoms with Gasteiger partial charge in [0.25, 0.3) is 10.0 Å². The number of halogens is 2. The molecule has 40 heavy (non-hydrogen) atoms. The average Bonchev–Trinajstić information content (AvgIpc) is 3.44. The number of carbonyl (C=O) groups is 2. The summed E-state index contributed by atoms with van der Waals surface area (Å²) in [6.45, 7) is 3.21. The number of hydrogen-bond acceptors (Lipinski definition) is 4. The molecule has 0 bridgehead atoms. The molecule has 0 saturated heterocycles. The van der Waals surface area contributed by atoms with Gasteiger partial charge in [0.1, 0.15) is 12.6 Å². The first-order valence-corrected chi connectivity index (χ1v) is 15.8. The molecule has 1 aliphatic carbocycles. The van der Waals surface area contributed by atoms with Gasteiger partial charge in [-0.25, -0.2) is 8.42 Å². The Balaban J connectivity index is 1.67. The smallest absolute Gasteiger partial charge is 0.264 e. The van der Waals surface area contributed by atoms with Crippen LogP contribution in [0.5, 0.6) is 0 Å². The number of nitrogens with one attached hydrogen (secondary N) is 1. The SMILES string of the molecule is Cc1ccc(S(=O)(=O)N(CC(=O)N(Cc2ccc(Br)cc2)[C@@H](C)C(=O)NC2CCCC2)c2ccc(Cl)cc2)cc1. The predicted molar refractivity (Wildman–Crippen MR) is 162 cm³/mol. The van der Waals surface area contributed by atoms with E-state index in [9.17, 15) is 18.0 Å². The van der Waals surface area contributed by atoms with Crippen LogP contribution in [-0.2, 0) is 26.2 Å². The van der Waals surface area contributed by atoms with E-state index in [1.54, 1.807) is 43.3 Å². The van der Waals surface area contributed by atoms with Gasteiger partial charge in [-0.15, -0.1) is 0 Å². The van der Waals surface area contributed by atoms with Crippen molar-refractivity contribution in [2.75, 3.05) is 10.8 Å². The summed E-state index contributed by atoms with van der Waals surface area (Å²) in [5.41, 5.74) is 2.03. The number of aryl methyl sites for hydroxylation is 1. The van der Waals surface area contributed by atoms with Crippen molar-refractivity contribution < 1.29 is 18.0 Å². The highest BCUT2D eigenvalue weighted by Gasteiger charge is 2.33. The summed E-state index contributed by atoms with van der Waals surface area (Å²) in [6, 6.07) is 19.5. The molecule has 10 heteroatoms. The van der Waals surface area contributed by atoms with Crippen LogP contribution in [0.15, 0.2) is 82.2 Å². The first kappa shape index (κ1) is 30.1. The molecule has 0 spiro atoms. The van der Waals surface area contributed by atoms with Gasteiger partial charge in [-0.3, -0.25) is 13.9 Å². The van der Waals surface area contributed by atoms with Gasteiger partial charge in [0, 0.05) is 22.1 Å². The molecule has 1 aliphatic rings. The Morgan fingerprint density at radius 1 is 0.975 bits per heavy atom. The minimum absolute atomic E-state index is 0.0623. The van der Waals surface area contributed by atoms with Crippen LogP contribution in [0.3, 0.4) is 0 Å². The molecule has 7 nitrogen and oxygen atoms in total. The molecular formula is C30H33BrClN3O4S. The van der Waals surface area contributed by atoms with E-state index in [1.165, 1.54) is 17.0 Å². The molecule has 1 N–H and O–H groups in total. The average molecular weight is 647 g/mol. The second-order valence-corrected chi connectivity index (χ2v) is 13.3. The molecule has 1 saturated carbocycles. The normalized spacial score (nSPS) is 14.5. The summed E-state index contributed by atoms with van der Waals surface area (Å²) in [5, 5.41) is 3.52. The summed E-state index contributed by atoms with van der Waals surface area (Å²) in [7, 11) is -4.12. The molecule has 0 radical (unpaired) electrons. The maximum absolute atomic E-state index is 14.0. The number of hydrogen-bond donors (Lipinski definition) is 1. The summed E-state index contributed by atoms with van der Waals surface area (Å²) in [5.74, 6) is -0.751. The molecule has 1 atom stereocenters. The number of amides is 2. The lowest BCUT2D eigenvalue weighted by atomic mass is 10.1. The minimum atomic E-state index is -4.12. The van der Waals surface area contributed by atoms with E-state index in [0.717, 1.165) is 45.6 Å². The number of benzene rings is 3. The largest absolute Gasteiger partial charge is 0.352 e. The van der Waals surface area contributed by atoms with Crippen LogP contribution < -0.4 is 9.62 Å². The fourth-order valence-corrected chi connectivity index (χ4v) is 6.54. The van der Waals surface area contributed by atoms with Crippen LogP contribution >= 0.6 is 27.5 Å². The zero-order valence-electron chi connectivity index (χ0n) is 22.5. The Kier molecular flexibility index (Phi) is 9.92. The van der Waals surface area contributed by atoms with Crippen LogP contribution in [-0.4, -0.2) is 43.8 Å². The van der Waals surface area contributed by atoms with Crippen molar-refractivity contribution in [2.45, 2.75) is 63.1 Å². The van der Waals surface area contributed by atoms with E-state index in [-0.39, 0.29) is 23.4 Å². The van der Waals surface area contributed by atoms with E-state index < -0.39 is 28.5 Å². The lowest BCUT2D eigenvalue weighted by Gasteiger charge is -2.32. The molecule has 2 amide bonds. The number of carbonyl (C=O) groups excluding carboxylic acids is 2. The molecule has 0 aromatic heterocycles. The lowest BCUT2D eigenvalue weighted by molar-refractivity contribution is -0.139. The maximum Gasteiger partial charge on any atom is 0.264 e. The number of nitrogens with zero attached hydrogens (tertiary/aromatic N) is 2. The molecule has 0 unspecified atom stereocenters. The van der Waals surface area contributed by atoms with Crippen molar-refractivity contribution in [3.63, 3.8) is 0 Å². The summed E-state index contributed by atoms with van der Waals surface area (Å²) >= 11 is 9.50. The summed E-state index contributed by atoms with van der Waals surface area (Å²) in [6.07, 6.45) is 3.96. The Hall–Kier alpha value is -2.88. The highest BCUT2D eigenvalue weighted by Crippen LogP contribution is 2.26. The fraction of sp³-hybridized carbons (Fsp3) is 0.333. The van der Waals surface area contributed by atoms with Gasteiger partial charge < -0.3 is 10.2 Å². The molecule has 0 aliphatic heterocycles. The van der Waals surface area contributed by atoms with E-state index in [2.05, 4.69) is 21.2 Å². The van der Waals surface area contributed by atoms with Crippen molar-refractivity contribution in [3.05, 3.63) is 93.4 Å². The first-order chi connectivity index (χ1) is 19.0. The third-order valence-corrected chi connectivity index (χ3v) is 9.71. The minimum Gasteiger partial charge on any atom is -0.352 e. The van der Waals surface area contributed by atoms with Gasteiger partial charge in [0.2, 0.25) is 11.8 Å². The summed E-state index contributed by atoms with van der Waals surface area (Å²) < 4.78 is 29.7. The fourth-order valence-electron chi connectivity index (χ4n) is 4.73. The molecule has 212 valence electrons. The van der Waals surface area contributed by atoms with Gasteiger partial charge in [-0.05, 0) is 80.8 Å². The second kappa shape index (κ2) is 13.2. The van der Waals surface area contributed by atoms with Crippen LogP contribution in [0.2, 0.25) is 5.02 Å². The van der Waals surface area contributed by atoms with Crippen molar-refractivity contribution in [1.82, 2.24) is 10.2 Å². The van der Waals surface area contributed by atoms with E-state index in [1.807, 2.05) is 31.2 Å². The zero-order chi connectivity index (χ0) is 28.9. The Labute approximate surface area is 249 Å². The number of rotatable bonds is 10. The van der Waals surface area contributed by atoms with E-state index in [0.29, 0.717) is 10.7 Å². The third kappa shape index (κ3) is 7.44. The monoisotopic (exact) mass is 645 g/mol. The van der Waals surface area contributed by atoms with Gasteiger partial charge in [-0.2, -0.15) is 0 Å². The topological polar surface area (TPSA) is 86.8 Å². The molecule has 3 aromatic rings. The van der Waals surface area contributed by atoms with E-state index in [4.69, 9.17) is 11.6 Å². The second-order valence-electron chi connectivity index (χ2n) is 10.1. The van der Waals surface area contributed by atoms with Gasteiger partial charge in [0.05, 0.1) is 10.6 Å². The van der Waals surface area contributed by atoms with Crippen molar-refractivity contribution in [1.29, 1.82) is 0 Å². The van der Waals surface area contributed by atoms with Gasteiger partial charge in [0.15, 0.2) is 0 Å². The molecule has 1 fully saturated rings.